The standard InChI is InChI=1S/C20H23NO2/c1-4-5-9-18-20(15-8-6-7-10-17(15)21-18)16-12-11-14(22-2)13-19(16)23-3/h6-8,10-13,21H,4-5,9H2,1-3H3. The molecule has 0 spiro atoms. The van der Waals surface area contributed by atoms with Crippen LogP contribution in [0.4, 0.5) is 0 Å². The number of aromatic nitrogens is 1. The number of fused-ring (bicyclic) bond motifs is 1. The minimum absolute atomic E-state index is 0.806. The molecule has 0 radical (unpaired) electrons. The number of methoxy groups -OCH3 is 2. The lowest BCUT2D eigenvalue weighted by Gasteiger charge is -2.12. The van der Waals surface area contributed by atoms with E-state index in [0.717, 1.165) is 29.9 Å². The molecule has 0 bridgehead atoms. The third kappa shape index (κ3) is 2.91. The van der Waals surface area contributed by atoms with Crippen molar-refractivity contribution in [2.24, 2.45) is 0 Å². The van der Waals surface area contributed by atoms with Crippen molar-refractivity contribution >= 4 is 10.9 Å². The average molecular weight is 309 g/mol. The maximum absolute atomic E-state index is 5.63. The number of aromatic amines is 1. The number of nitrogens with one attached hydrogen (secondary N) is 1. The first-order valence-corrected chi connectivity index (χ1v) is 8.10. The lowest BCUT2D eigenvalue weighted by atomic mass is 9.98. The molecule has 0 unspecified atom stereocenters. The molecule has 0 saturated heterocycles. The topological polar surface area (TPSA) is 34.2 Å². The number of hydrogen-bond donors (Lipinski definition) is 1. The molecule has 0 aliphatic heterocycles. The highest BCUT2D eigenvalue weighted by atomic mass is 16.5. The molecule has 3 nitrogen and oxygen atoms in total. The molecule has 1 N–H and O–H groups in total. The molecule has 0 aliphatic rings. The summed E-state index contributed by atoms with van der Waals surface area (Å²) in [6.07, 6.45) is 3.38. The number of unbranched alkanes of at least 4 members (excludes halogenated alkanes) is 1. The quantitative estimate of drug-likeness (QED) is 0.679. The largest absolute Gasteiger partial charge is 0.497 e. The van der Waals surface area contributed by atoms with E-state index >= 15 is 0 Å². The Labute approximate surface area is 137 Å². The summed E-state index contributed by atoms with van der Waals surface area (Å²) >= 11 is 0. The van der Waals surface area contributed by atoms with Gasteiger partial charge in [0.1, 0.15) is 11.5 Å². The Morgan fingerprint density at radius 3 is 2.57 bits per heavy atom. The summed E-state index contributed by atoms with van der Waals surface area (Å²) in [5, 5.41) is 1.24. The molecule has 2 aromatic carbocycles. The minimum atomic E-state index is 0.806. The number of H-pyrrole nitrogens is 1. The fraction of sp³-hybridized carbons (Fsp3) is 0.300. The fourth-order valence-electron chi connectivity index (χ4n) is 3.05. The van der Waals surface area contributed by atoms with E-state index in [1.54, 1.807) is 14.2 Å². The Morgan fingerprint density at radius 1 is 1.00 bits per heavy atom. The number of rotatable bonds is 6. The van der Waals surface area contributed by atoms with Crippen molar-refractivity contribution in [3.05, 3.63) is 48.2 Å². The van der Waals surface area contributed by atoms with Crippen molar-refractivity contribution in [1.82, 2.24) is 4.98 Å². The maximum Gasteiger partial charge on any atom is 0.130 e. The molecule has 0 amide bonds. The van der Waals surface area contributed by atoms with Gasteiger partial charge in [-0.05, 0) is 31.0 Å². The molecule has 3 aromatic rings. The van der Waals surface area contributed by atoms with Crippen LogP contribution in [0.1, 0.15) is 25.5 Å². The zero-order valence-electron chi connectivity index (χ0n) is 14.0. The van der Waals surface area contributed by atoms with Crippen LogP contribution in [0.25, 0.3) is 22.0 Å². The van der Waals surface area contributed by atoms with Gasteiger partial charge >= 0.3 is 0 Å². The number of ether oxygens (including phenoxy) is 2. The summed E-state index contributed by atoms with van der Waals surface area (Å²) in [5.74, 6) is 1.65. The van der Waals surface area contributed by atoms with Crippen LogP contribution in [0.15, 0.2) is 42.5 Å². The number of para-hydroxylation sites is 1. The molecule has 0 saturated carbocycles. The van der Waals surface area contributed by atoms with Gasteiger partial charge in [-0.25, -0.2) is 0 Å². The van der Waals surface area contributed by atoms with Gasteiger partial charge < -0.3 is 14.5 Å². The van der Waals surface area contributed by atoms with Crippen LogP contribution >= 0.6 is 0 Å². The maximum atomic E-state index is 5.63. The third-order valence-corrected chi connectivity index (χ3v) is 4.24. The van der Waals surface area contributed by atoms with Gasteiger partial charge in [-0.15, -0.1) is 0 Å². The zero-order valence-corrected chi connectivity index (χ0v) is 14.0. The smallest absolute Gasteiger partial charge is 0.130 e. The molecule has 23 heavy (non-hydrogen) atoms. The minimum Gasteiger partial charge on any atom is -0.497 e. The van der Waals surface area contributed by atoms with E-state index in [-0.39, 0.29) is 0 Å². The number of aryl methyl sites for hydroxylation is 1. The van der Waals surface area contributed by atoms with Crippen molar-refractivity contribution in [2.45, 2.75) is 26.2 Å². The van der Waals surface area contributed by atoms with Gasteiger partial charge in [-0.3, -0.25) is 0 Å². The first kappa shape index (κ1) is 15.5. The molecule has 120 valence electrons. The monoisotopic (exact) mass is 309 g/mol. The molecule has 1 heterocycles. The first-order chi connectivity index (χ1) is 11.3. The lowest BCUT2D eigenvalue weighted by molar-refractivity contribution is 0.395. The zero-order chi connectivity index (χ0) is 16.2. The van der Waals surface area contributed by atoms with Gasteiger partial charge in [0.25, 0.3) is 0 Å². The lowest BCUT2D eigenvalue weighted by Crippen LogP contribution is -1.93. The Hall–Kier alpha value is -2.42. The molecule has 0 aliphatic carbocycles. The van der Waals surface area contributed by atoms with Crippen LogP contribution in [0.5, 0.6) is 11.5 Å². The van der Waals surface area contributed by atoms with E-state index in [9.17, 15) is 0 Å². The van der Waals surface area contributed by atoms with Gasteiger partial charge in [0.2, 0.25) is 0 Å². The van der Waals surface area contributed by atoms with Crippen molar-refractivity contribution in [1.29, 1.82) is 0 Å². The Kier molecular flexibility index (Phi) is 4.56. The van der Waals surface area contributed by atoms with Crippen molar-refractivity contribution < 1.29 is 9.47 Å². The average Bonchev–Trinajstić information content (AvgIpc) is 2.97. The molecular weight excluding hydrogens is 286 g/mol. The van der Waals surface area contributed by atoms with Crippen LogP contribution in [0.2, 0.25) is 0 Å². The second kappa shape index (κ2) is 6.78. The van der Waals surface area contributed by atoms with Crippen molar-refractivity contribution in [2.75, 3.05) is 14.2 Å². The molecule has 0 atom stereocenters. The molecule has 1 aromatic heterocycles. The second-order valence-corrected chi connectivity index (χ2v) is 5.69. The summed E-state index contributed by atoms with van der Waals surface area (Å²) in [4.78, 5) is 3.59. The summed E-state index contributed by atoms with van der Waals surface area (Å²) < 4.78 is 10.9. The summed E-state index contributed by atoms with van der Waals surface area (Å²) in [6.45, 7) is 2.22. The van der Waals surface area contributed by atoms with Gasteiger partial charge in [-0.1, -0.05) is 31.5 Å². The van der Waals surface area contributed by atoms with E-state index in [2.05, 4.69) is 42.2 Å². The summed E-state index contributed by atoms with van der Waals surface area (Å²) in [5.41, 5.74) is 4.80. The molecule has 3 heteroatoms. The fourth-order valence-corrected chi connectivity index (χ4v) is 3.05. The van der Waals surface area contributed by atoms with Crippen LogP contribution in [-0.4, -0.2) is 19.2 Å². The highest BCUT2D eigenvalue weighted by Crippen LogP contribution is 2.40. The van der Waals surface area contributed by atoms with Crippen LogP contribution in [-0.2, 0) is 6.42 Å². The van der Waals surface area contributed by atoms with E-state index in [1.165, 1.54) is 28.6 Å². The molecular formula is C20H23NO2. The number of hydrogen-bond acceptors (Lipinski definition) is 2. The van der Waals surface area contributed by atoms with Crippen LogP contribution < -0.4 is 9.47 Å². The number of benzene rings is 2. The van der Waals surface area contributed by atoms with E-state index < -0.39 is 0 Å². The first-order valence-electron chi connectivity index (χ1n) is 8.10. The van der Waals surface area contributed by atoms with Crippen LogP contribution in [0.3, 0.4) is 0 Å². The summed E-state index contributed by atoms with van der Waals surface area (Å²) in [6, 6.07) is 14.5. The van der Waals surface area contributed by atoms with Crippen molar-refractivity contribution in [3.63, 3.8) is 0 Å². The SMILES string of the molecule is CCCCc1[nH]c2ccccc2c1-c1ccc(OC)cc1OC. The van der Waals surface area contributed by atoms with E-state index in [0.29, 0.717) is 0 Å². The summed E-state index contributed by atoms with van der Waals surface area (Å²) in [7, 11) is 3.38. The van der Waals surface area contributed by atoms with Crippen molar-refractivity contribution in [3.8, 4) is 22.6 Å². The normalized spacial score (nSPS) is 10.9. The van der Waals surface area contributed by atoms with Gasteiger partial charge in [-0.2, -0.15) is 0 Å². The van der Waals surface area contributed by atoms with E-state index in [4.69, 9.17) is 9.47 Å². The van der Waals surface area contributed by atoms with E-state index in [1.807, 2.05) is 12.1 Å². The third-order valence-electron chi connectivity index (χ3n) is 4.24. The second-order valence-electron chi connectivity index (χ2n) is 5.69. The highest BCUT2D eigenvalue weighted by molar-refractivity contribution is 5.99. The van der Waals surface area contributed by atoms with Gasteiger partial charge in [0, 0.05) is 33.8 Å². The highest BCUT2D eigenvalue weighted by Gasteiger charge is 2.17. The Morgan fingerprint density at radius 2 is 1.83 bits per heavy atom. The van der Waals surface area contributed by atoms with Crippen LogP contribution in [0, 0.1) is 0 Å². The van der Waals surface area contributed by atoms with Gasteiger partial charge in [0.05, 0.1) is 14.2 Å². The molecule has 3 rings (SSSR count). The Bertz CT molecular complexity index is 805. The van der Waals surface area contributed by atoms with Gasteiger partial charge in [0.15, 0.2) is 0 Å². The predicted molar refractivity (Wildman–Crippen MR) is 95.5 cm³/mol. The molecule has 0 fully saturated rings. The Balaban J connectivity index is 2.21. The predicted octanol–water partition coefficient (Wildman–Crippen LogP) is 5.19.